The van der Waals surface area contributed by atoms with Gasteiger partial charge in [0.25, 0.3) is 0 Å². The van der Waals surface area contributed by atoms with Crippen molar-refractivity contribution in [1.29, 1.82) is 0 Å². The molecule has 0 fully saturated rings. The molecule has 0 aliphatic carbocycles. The van der Waals surface area contributed by atoms with Crippen LogP contribution in [0.3, 0.4) is 0 Å². The van der Waals surface area contributed by atoms with Gasteiger partial charge in [0, 0.05) is 0 Å². The SMILES string of the molecule is Cc1nc(C)c(OC(=O)OC(C)C)c(-c2ccccc2)c1OC(=O)OCCO. The molecule has 0 radical (unpaired) electrons. The molecule has 0 spiro atoms. The van der Waals surface area contributed by atoms with Gasteiger partial charge in [-0.1, -0.05) is 30.3 Å². The van der Waals surface area contributed by atoms with E-state index in [1.54, 1.807) is 52.0 Å². The number of nitrogens with zero attached hydrogens (tertiary/aromatic N) is 1. The minimum Gasteiger partial charge on any atom is -0.432 e. The maximum absolute atomic E-state index is 12.1. The van der Waals surface area contributed by atoms with Crippen molar-refractivity contribution in [3.8, 4) is 22.6 Å². The summed E-state index contributed by atoms with van der Waals surface area (Å²) in [4.78, 5) is 28.4. The summed E-state index contributed by atoms with van der Waals surface area (Å²) in [5.41, 5.74) is 1.84. The Balaban J connectivity index is 2.55. The number of hydrogen-bond acceptors (Lipinski definition) is 8. The Labute approximate surface area is 163 Å². The van der Waals surface area contributed by atoms with Crippen molar-refractivity contribution in [3.05, 3.63) is 41.7 Å². The number of benzene rings is 1. The van der Waals surface area contributed by atoms with Gasteiger partial charge in [-0.15, -0.1) is 0 Å². The Bertz CT molecular complexity index is 834. The number of aromatic nitrogens is 1. The van der Waals surface area contributed by atoms with Crippen molar-refractivity contribution >= 4 is 12.3 Å². The standard InChI is InChI=1S/C20H23NO7/c1-12(2)26-20(24)28-18-14(4)21-13(3)17(27-19(23)25-11-10-22)16(18)15-8-6-5-7-9-15/h5-9,12,22H,10-11H2,1-4H3. The minimum absolute atomic E-state index is 0.0899. The molecule has 0 atom stereocenters. The lowest BCUT2D eigenvalue weighted by Gasteiger charge is -2.18. The van der Waals surface area contributed by atoms with Crippen LogP contribution in [0.25, 0.3) is 11.1 Å². The summed E-state index contributed by atoms with van der Waals surface area (Å²) >= 11 is 0. The normalized spacial score (nSPS) is 10.5. The van der Waals surface area contributed by atoms with Gasteiger partial charge in [-0.05, 0) is 33.3 Å². The number of aryl methyl sites for hydroxylation is 2. The fourth-order valence-corrected chi connectivity index (χ4v) is 2.48. The summed E-state index contributed by atoms with van der Waals surface area (Å²) in [7, 11) is 0. The highest BCUT2D eigenvalue weighted by Gasteiger charge is 2.25. The average Bonchev–Trinajstić information content (AvgIpc) is 2.64. The van der Waals surface area contributed by atoms with Gasteiger partial charge in [0.2, 0.25) is 0 Å². The number of hydrogen-bond donors (Lipinski definition) is 1. The van der Waals surface area contributed by atoms with Crippen molar-refractivity contribution in [3.63, 3.8) is 0 Å². The molecule has 0 bridgehead atoms. The van der Waals surface area contributed by atoms with Crippen LogP contribution in [0.2, 0.25) is 0 Å². The molecule has 0 unspecified atom stereocenters. The van der Waals surface area contributed by atoms with Crippen molar-refractivity contribution in [2.45, 2.75) is 33.8 Å². The Hall–Kier alpha value is -3.13. The molecule has 2 aromatic rings. The van der Waals surface area contributed by atoms with Crippen LogP contribution in [-0.4, -0.2) is 41.7 Å². The average molecular weight is 389 g/mol. The molecule has 150 valence electrons. The lowest BCUT2D eigenvalue weighted by atomic mass is 10.0. The molecule has 0 aliphatic rings. The van der Waals surface area contributed by atoms with Gasteiger partial charge < -0.3 is 24.1 Å². The summed E-state index contributed by atoms with van der Waals surface area (Å²) in [5, 5.41) is 8.80. The van der Waals surface area contributed by atoms with Crippen LogP contribution in [0, 0.1) is 13.8 Å². The van der Waals surface area contributed by atoms with Crippen LogP contribution < -0.4 is 9.47 Å². The van der Waals surface area contributed by atoms with E-state index in [9.17, 15) is 9.59 Å². The zero-order valence-electron chi connectivity index (χ0n) is 16.2. The van der Waals surface area contributed by atoms with Crippen LogP contribution >= 0.6 is 0 Å². The second-order valence-electron chi connectivity index (χ2n) is 6.12. The first-order valence-corrected chi connectivity index (χ1v) is 8.74. The number of rotatable bonds is 6. The second-order valence-corrected chi connectivity index (χ2v) is 6.12. The Morgan fingerprint density at radius 3 is 2.11 bits per heavy atom. The van der Waals surface area contributed by atoms with Crippen LogP contribution in [0.4, 0.5) is 9.59 Å². The molecule has 0 amide bonds. The molecule has 1 aromatic heterocycles. The van der Waals surface area contributed by atoms with Crippen molar-refractivity contribution in [1.82, 2.24) is 4.98 Å². The maximum atomic E-state index is 12.1. The maximum Gasteiger partial charge on any atom is 0.514 e. The van der Waals surface area contributed by atoms with E-state index in [0.29, 0.717) is 22.5 Å². The Morgan fingerprint density at radius 1 is 1.00 bits per heavy atom. The third-order valence-corrected chi connectivity index (χ3v) is 3.52. The third-order valence-electron chi connectivity index (χ3n) is 3.52. The summed E-state index contributed by atoms with van der Waals surface area (Å²) in [6.45, 7) is 6.19. The van der Waals surface area contributed by atoms with Gasteiger partial charge in [0.15, 0.2) is 11.5 Å². The van der Waals surface area contributed by atoms with Gasteiger partial charge in [-0.25, -0.2) is 9.59 Å². The van der Waals surface area contributed by atoms with Crippen LogP contribution in [-0.2, 0) is 9.47 Å². The van der Waals surface area contributed by atoms with Gasteiger partial charge >= 0.3 is 12.3 Å². The molecule has 28 heavy (non-hydrogen) atoms. The number of carbonyl (C=O) groups is 2. The van der Waals surface area contributed by atoms with E-state index in [-0.39, 0.29) is 30.8 Å². The fourth-order valence-electron chi connectivity index (χ4n) is 2.48. The molecular formula is C20H23NO7. The van der Waals surface area contributed by atoms with E-state index in [0.717, 1.165) is 0 Å². The molecule has 0 aliphatic heterocycles. The summed E-state index contributed by atoms with van der Waals surface area (Å²) < 4.78 is 20.6. The van der Waals surface area contributed by atoms with Crippen molar-refractivity contribution in [2.24, 2.45) is 0 Å². The van der Waals surface area contributed by atoms with Crippen molar-refractivity contribution in [2.75, 3.05) is 13.2 Å². The molecule has 0 saturated carbocycles. The predicted molar refractivity (Wildman–Crippen MR) is 100 cm³/mol. The summed E-state index contributed by atoms with van der Waals surface area (Å²) in [5.74, 6) is 0.208. The molecule has 1 N–H and O–H groups in total. The zero-order valence-corrected chi connectivity index (χ0v) is 16.2. The minimum atomic E-state index is -1.00. The summed E-state index contributed by atoms with van der Waals surface area (Å²) in [6.07, 6.45) is -2.26. The highest BCUT2D eigenvalue weighted by Crippen LogP contribution is 2.42. The topological polar surface area (TPSA) is 104 Å². The predicted octanol–water partition coefficient (Wildman–Crippen LogP) is 3.80. The summed E-state index contributed by atoms with van der Waals surface area (Å²) in [6, 6.07) is 8.98. The fraction of sp³-hybridized carbons (Fsp3) is 0.350. The van der Waals surface area contributed by atoms with E-state index in [4.69, 9.17) is 24.1 Å². The van der Waals surface area contributed by atoms with Gasteiger partial charge in [-0.2, -0.15) is 0 Å². The quantitative estimate of drug-likeness (QED) is 0.744. The first-order valence-electron chi connectivity index (χ1n) is 8.74. The first kappa shape index (κ1) is 21.2. The zero-order chi connectivity index (χ0) is 20.7. The molecule has 1 aromatic carbocycles. The van der Waals surface area contributed by atoms with E-state index >= 15 is 0 Å². The number of pyridine rings is 1. The second kappa shape index (κ2) is 9.70. The molecule has 8 heteroatoms. The number of carbonyl (C=O) groups excluding carboxylic acids is 2. The lowest BCUT2D eigenvalue weighted by molar-refractivity contribution is 0.0725. The number of aliphatic hydroxyl groups is 1. The van der Waals surface area contributed by atoms with E-state index in [1.807, 2.05) is 6.07 Å². The van der Waals surface area contributed by atoms with Crippen LogP contribution in [0.5, 0.6) is 11.5 Å². The third kappa shape index (κ3) is 5.43. The number of ether oxygens (including phenoxy) is 4. The van der Waals surface area contributed by atoms with E-state index in [2.05, 4.69) is 4.98 Å². The van der Waals surface area contributed by atoms with Crippen LogP contribution in [0.15, 0.2) is 30.3 Å². The Morgan fingerprint density at radius 2 is 1.57 bits per heavy atom. The van der Waals surface area contributed by atoms with Gasteiger partial charge in [0.05, 0.1) is 29.7 Å². The smallest absolute Gasteiger partial charge is 0.432 e. The first-order chi connectivity index (χ1) is 13.3. The highest BCUT2D eigenvalue weighted by molar-refractivity contribution is 5.83. The van der Waals surface area contributed by atoms with E-state index < -0.39 is 12.3 Å². The Kier molecular flexibility index (Phi) is 7.34. The molecular weight excluding hydrogens is 366 g/mol. The van der Waals surface area contributed by atoms with E-state index in [1.165, 1.54) is 0 Å². The number of aliphatic hydroxyl groups excluding tert-OH is 1. The van der Waals surface area contributed by atoms with Gasteiger partial charge in [-0.3, -0.25) is 4.98 Å². The van der Waals surface area contributed by atoms with Crippen LogP contribution in [0.1, 0.15) is 25.2 Å². The highest BCUT2D eigenvalue weighted by atomic mass is 16.7. The lowest BCUT2D eigenvalue weighted by Crippen LogP contribution is -2.18. The largest absolute Gasteiger partial charge is 0.514 e. The molecule has 8 nitrogen and oxygen atoms in total. The van der Waals surface area contributed by atoms with Crippen molar-refractivity contribution < 1.29 is 33.6 Å². The molecule has 1 heterocycles. The monoisotopic (exact) mass is 389 g/mol. The molecule has 2 rings (SSSR count). The molecule has 0 saturated heterocycles. The van der Waals surface area contributed by atoms with Gasteiger partial charge in [0.1, 0.15) is 6.61 Å².